The van der Waals surface area contributed by atoms with E-state index in [-0.39, 0.29) is 10.7 Å². The van der Waals surface area contributed by atoms with E-state index in [1.807, 2.05) is 13.0 Å². The van der Waals surface area contributed by atoms with E-state index in [9.17, 15) is 4.79 Å². The first-order chi connectivity index (χ1) is 6.87. The average molecular weight is 244 g/mol. The fraction of sp³-hybridized carbons (Fsp3) is 0.600. The highest BCUT2D eigenvalue weighted by molar-refractivity contribution is 8.01. The monoisotopic (exact) mass is 244 g/mol. The third-order valence-electron chi connectivity index (χ3n) is 1.53. The van der Waals surface area contributed by atoms with Crippen molar-refractivity contribution in [2.75, 3.05) is 11.1 Å². The van der Waals surface area contributed by atoms with Crippen molar-refractivity contribution in [3.8, 4) is 0 Å². The smallest absolute Gasteiger partial charge is 0.235 e. The van der Waals surface area contributed by atoms with Gasteiger partial charge in [0.25, 0.3) is 0 Å². The predicted molar refractivity (Wildman–Crippen MR) is 67.7 cm³/mol. The number of amides is 1. The van der Waals surface area contributed by atoms with Gasteiger partial charge < -0.3 is 5.32 Å². The lowest BCUT2D eigenvalue weighted by Gasteiger charge is -2.16. The van der Waals surface area contributed by atoms with Gasteiger partial charge in [-0.1, -0.05) is 20.8 Å². The van der Waals surface area contributed by atoms with Gasteiger partial charge in [-0.25, -0.2) is 0 Å². The van der Waals surface area contributed by atoms with Crippen molar-refractivity contribution < 1.29 is 4.79 Å². The van der Waals surface area contributed by atoms with E-state index in [2.05, 4.69) is 30.5 Å². The number of aromatic nitrogens is 1. The Morgan fingerprint density at radius 2 is 2.27 bits per heavy atom. The van der Waals surface area contributed by atoms with Gasteiger partial charge in [-0.15, -0.1) is 11.8 Å². The Morgan fingerprint density at radius 3 is 2.73 bits per heavy atom. The van der Waals surface area contributed by atoms with E-state index >= 15 is 0 Å². The van der Waals surface area contributed by atoms with Crippen molar-refractivity contribution in [2.24, 2.45) is 0 Å². The topological polar surface area (TPSA) is 42.0 Å². The Hall–Kier alpha value is -0.550. The molecule has 0 radical (unpaired) electrons. The van der Waals surface area contributed by atoms with Gasteiger partial charge in [-0.3, -0.25) is 4.79 Å². The fourth-order valence-electron chi connectivity index (χ4n) is 0.878. The second-order valence-corrected chi connectivity index (χ2v) is 6.89. The summed E-state index contributed by atoms with van der Waals surface area (Å²) >= 11 is 2.96. The second kappa shape index (κ2) is 4.99. The van der Waals surface area contributed by atoms with E-state index in [1.165, 1.54) is 11.5 Å². The number of hydrogen-bond donors (Lipinski definition) is 1. The van der Waals surface area contributed by atoms with Crippen LogP contribution in [-0.4, -0.2) is 20.8 Å². The van der Waals surface area contributed by atoms with E-state index in [4.69, 9.17) is 0 Å². The summed E-state index contributed by atoms with van der Waals surface area (Å²) in [7, 11) is 0. The minimum atomic E-state index is 0.0403. The van der Waals surface area contributed by atoms with Crippen LogP contribution in [0.4, 0.5) is 5.00 Å². The maximum Gasteiger partial charge on any atom is 0.235 e. The molecular weight excluding hydrogens is 228 g/mol. The predicted octanol–water partition coefficient (Wildman–Crippen LogP) is 2.92. The van der Waals surface area contributed by atoms with Gasteiger partial charge in [0.1, 0.15) is 5.00 Å². The van der Waals surface area contributed by atoms with Crippen LogP contribution in [0.1, 0.15) is 26.5 Å². The van der Waals surface area contributed by atoms with E-state index in [1.54, 1.807) is 11.8 Å². The van der Waals surface area contributed by atoms with Gasteiger partial charge in [0, 0.05) is 4.75 Å². The van der Waals surface area contributed by atoms with Crippen LogP contribution in [0.2, 0.25) is 0 Å². The summed E-state index contributed by atoms with van der Waals surface area (Å²) in [6, 6.07) is 1.88. The summed E-state index contributed by atoms with van der Waals surface area (Å²) in [4.78, 5) is 11.5. The average Bonchev–Trinajstić information content (AvgIpc) is 2.47. The summed E-state index contributed by atoms with van der Waals surface area (Å²) < 4.78 is 4.22. The van der Waals surface area contributed by atoms with Crippen LogP contribution >= 0.6 is 23.3 Å². The number of carbonyl (C=O) groups excluding carboxylic acids is 1. The van der Waals surface area contributed by atoms with Crippen LogP contribution in [0, 0.1) is 6.92 Å². The molecule has 1 aromatic rings. The number of aryl methyl sites for hydroxylation is 1. The largest absolute Gasteiger partial charge is 0.316 e. The molecular formula is C10H16N2OS2. The molecule has 0 bridgehead atoms. The number of nitrogens with one attached hydrogen (secondary N) is 1. The summed E-state index contributed by atoms with van der Waals surface area (Å²) in [5, 5.41) is 3.66. The molecule has 1 rings (SSSR count). The highest BCUT2D eigenvalue weighted by Crippen LogP contribution is 2.23. The summed E-state index contributed by atoms with van der Waals surface area (Å²) in [6.45, 7) is 8.21. The maximum absolute atomic E-state index is 11.5. The lowest BCUT2D eigenvalue weighted by atomic mass is 10.3. The summed E-state index contributed by atoms with van der Waals surface area (Å²) in [5.41, 5.74) is 0.943. The summed E-state index contributed by atoms with van der Waals surface area (Å²) in [5.74, 6) is 0.527. The molecule has 15 heavy (non-hydrogen) atoms. The molecule has 1 aromatic heterocycles. The quantitative estimate of drug-likeness (QED) is 0.889. The lowest BCUT2D eigenvalue weighted by Crippen LogP contribution is -2.18. The van der Waals surface area contributed by atoms with E-state index in [0.717, 1.165) is 10.7 Å². The third-order valence-corrected chi connectivity index (χ3v) is 3.60. The van der Waals surface area contributed by atoms with Crippen LogP contribution in [0.15, 0.2) is 6.07 Å². The van der Waals surface area contributed by atoms with Crippen LogP contribution in [0.25, 0.3) is 0 Å². The molecule has 0 atom stereocenters. The van der Waals surface area contributed by atoms with Crippen molar-refractivity contribution in [1.82, 2.24) is 4.37 Å². The molecule has 0 saturated heterocycles. The van der Waals surface area contributed by atoms with Crippen LogP contribution in [0.3, 0.4) is 0 Å². The number of thioether (sulfide) groups is 1. The van der Waals surface area contributed by atoms with Gasteiger partial charge in [-0.05, 0) is 24.5 Å². The van der Waals surface area contributed by atoms with Gasteiger partial charge in [0.2, 0.25) is 5.91 Å². The maximum atomic E-state index is 11.5. The molecule has 0 aliphatic carbocycles. The number of hydrogen-bond acceptors (Lipinski definition) is 4. The van der Waals surface area contributed by atoms with Gasteiger partial charge in [-0.2, -0.15) is 4.37 Å². The number of anilines is 1. The molecule has 0 unspecified atom stereocenters. The van der Waals surface area contributed by atoms with Crippen LogP contribution < -0.4 is 5.32 Å². The fourth-order valence-corrected chi connectivity index (χ4v) is 2.19. The molecule has 5 heteroatoms. The van der Waals surface area contributed by atoms with E-state index < -0.39 is 0 Å². The highest BCUT2D eigenvalue weighted by atomic mass is 32.2. The van der Waals surface area contributed by atoms with Gasteiger partial charge in [0.05, 0.1) is 11.4 Å². The second-order valence-electron chi connectivity index (χ2n) is 4.28. The minimum Gasteiger partial charge on any atom is -0.316 e. The molecule has 0 aliphatic heterocycles. The Kier molecular flexibility index (Phi) is 4.16. The molecule has 1 heterocycles. The van der Waals surface area contributed by atoms with Crippen molar-refractivity contribution in [3.05, 3.63) is 11.8 Å². The first kappa shape index (κ1) is 12.5. The molecule has 1 amide bonds. The zero-order chi connectivity index (χ0) is 11.5. The zero-order valence-corrected chi connectivity index (χ0v) is 11.1. The molecule has 0 saturated carbocycles. The molecule has 0 aliphatic rings. The SMILES string of the molecule is Cc1cc(NC(=O)CSC(C)(C)C)sn1. The molecule has 3 nitrogen and oxygen atoms in total. The lowest BCUT2D eigenvalue weighted by molar-refractivity contribution is -0.113. The van der Waals surface area contributed by atoms with Gasteiger partial charge >= 0.3 is 0 Å². The summed E-state index contributed by atoms with van der Waals surface area (Å²) in [6.07, 6.45) is 0. The number of nitrogens with zero attached hydrogens (tertiary/aromatic N) is 1. The van der Waals surface area contributed by atoms with Crippen LogP contribution in [0.5, 0.6) is 0 Å². The number of carbonyl (C=O) groups is 1. The normalized spacial score (nSPS) is 11.5. The first-order valence-electron chi connectivity index (χ1n) is 4.74. The third kappa shape index (κ3) is 5.18. The molecule has 0 aromatic carbocycles. The number of rotatable bonds is 3. The van der Waals surface area contributed by atoms with Crippen LogP contribution in [-0.2, 0) is 4.79 Å². The zero-order valence-electron chi connectivity index (χ0n) is 9.46. The van der Waals surface area contributed by atoms with E-state index in [0.29, 0.717) is 5.75 Å². The Balaban J connectivity index is 2.37. The first-order valence-corrected chi connectivity index (χ1v) is 6.50. The molecule has 0 spiro atoms. The minimum absolute atomic E-state index is 0.0403. The van der Waals surface area contributed by atoms with Crippen molar-refractivity contribution in [2.45, 2.75) is 32.4 Å². The molecule has 0 fully saturated rings. The van der Waals surface area contributed by atoms with Crippen molar-refractivity contribution in [1.29, 1.82) is 0 Å². The van der Waals surface area contributed by atoms with Crippen molar-refractivity contribution >= 4 is 34.2 Å². The molecule has 84 valence electrons. The molecule has 1 N–H and O–H groups in total. The van der Waals surface area contributed by atoms with Crippen molar-refractivity contribution in [3.63, 3.8) is 0 Å². The highest BCUT2D eigenvalue weighted by Gasteiger charge is 2.13. The Labute approximate surface area is 98.8 Å². The Bertz CT molecular complexity index is 341. The Morgan fingerprint density at radius 1 is 1.60 bits per heavy atom. The standard InChI is InChI=1S/C10H16N2OS2/c1-7-5-9(15-12-7)11-8(13)6-14-10(2,3)4/h5H,6H2,1-4H3,(H,11,13). The van der Waals surface area contributed by atoms with Gasteiger partial charge in [0.15, 0.2) is 0 Å².